The van der Waals surface area contributed by atoms with Gasteiger partial charge in [-0.05, 0) is 47.2 Å². The number of ketones is 1. The smallest absolute Gasteiger partial charge is 0.192 e. The molecule has 1 aliphatic heterocycles. The second-order valence-electron chi connectivity index (χ2n) is 7.60. The maximum absolute atomic E-state index is 12.5. The van der Waals surface area contributed by atoms with Crippen LogP contribution in [-0.4, -0.2) is 32.0 Å². The number of benzene rings is 1. The Balaban J connectivity index is 1.45. The van der Waals surface area contributed by atoms with Crippen molar-refractivity contribution in [3.8, 4) is 5.82 Å². The summed E-state index contributed by atoms with van der Waals surface area (Å²) in [6.07, 6.45) is 9.39. The van der Waals surface area contributed by atoms with Gasteiger partial charge in [0.25, 0.3) is 0 Å². The quantitative estimate of drug-likeness (QED) is 0.364. The van der Waals surface area contributed by atoms with Gasteiger partial charge in [-0.25, -0.2) is 9.67 Å². The van der Waals surface area contributed by atoms with Gasteiger partial charge in [0.05, 0.1) is 22.8 Å². The van der Waals surface area contributed by atoms with Gasteiger partial charge in [-0.2, -0.15) is 5.10 Å². The lowest BCUT2D eigenvalue weighted by molar-refractivity contribution is 0.0973. The Hall–Kier alpha value is -3.77. The molecule has 0 bridgehead atoms. The average Bonchev–Trinajstić information content (AvgIpc) is 3.51. The molecule has 5 nitrogen and oxygen atoms in total. The molecule has 0 amide bonds. The van der Waals surface area contributed by atoms with Crippen LogP contribution in [0.3, 0.4) is 0 Å². The van der Waals surface area contributed by atoms with Crippen LogP contribution in [0, 0.1) is 0 Å². The molecule has 0 N–H and O–H groups in total. The first-order valence-electron chi connectivity index (χ1n) is 10.5. The molecule has 0 atom stereocenters. The van der Waals surface area contributed by atoms with Crippen LogP contribution in [0.15, 0.2) is 96.8 Å². The summed E-state index contributed by atoms with van der Waals surface area (Å²) in [4.78, 5) is 19.8. The Morgan fingerprint density at radius 3 is 2.69 bits per heavy atom. The third-order valence-electron chi connectivity index (χ3n) is 5.28. The summed E-state index contributed by atoms with van der Waals surface area (Å²) in [7, 11) is 0. The van der Waals surface area contributed by atoms with Crippen molar-refractivity contribution < 1.29 is 4.79 Å². The molecule has 1 aromatic carbocycles. The number of carbonyl (C=O) groups excluding carboxylic acids is 1. The molecule has 0 unspecified atom stereocenters. The van der Waals surface area contributed by atoms with Crippen LogP contribution in [0.25, 0.3) is 11.4 Å². The first kappa shape index (κ1) is 20.2. The minimum atomic E-state index is 0.117. The van der Waals surface area contributed by atoms with E-state index in [0.717, 1.165) is 40.5 Å². The SMILES string of the molecule is O=C(CN1C=CCC(c2cc(Cc3ccccc3)n(-c3ccccn3)n2)=C1)c1cccs1. The monoisotopic (exact) mass is 438 g/mol. The zero-order valence-electron chi connectivity index (χ0n) is 17.5. The molecular weight excluding hydrogens is 416 g/mol. The number of hydrogen-bond acceptors (Lipinski definition) is 5. The van der Waals surface area contributed by atoms with Crippen molar-refractivity contribution in [2.45, 2.75) is 12.8 Å². The Morgan fingerprint density at radius 2 is 1.91 bits per heavy atom. The van der Waals surface area contributed by atoms with E-state index in [1.54, 1.807) is 6.20 Å². The van der Waals surface area contributed by atoms with Gasteiger partial charge in [-0.15, -0.1) is 11.3 Å². The number of pyridine rings is 1. The molecule has 0 saturated heterocycles. The number of aromatic nitrogens is 3. The zero-order chi connectivity index (χ0) is 21.8. The minimum absolute atomic E-state index is 0.117. The highest BCUT2D eigenvalue weighted by Crippen LogP contribution is 2.26. The molecule has 4 aromatic rings. The zero-order valence-corrected chi connectivity index (χ0v) is 18.3. The van der Waals surface area contributed by atoms with Crippen molar-refractivity contribution in [1.82, 2.24) is 19.7 Å². The number of rotatable bonds is 7. The topological polar surface area (TPSA) is 51.0 Å². The lowest BCUT2D eigenvalue weighted by Gasteiger charge is -2.19. The second-order valence-corrected chi connectivity index (χ2v) is 8.55. The maximum Gasteiger partial charge on any atom is 0.192 e. The van der Waals surface area contributed by atoms with Crippen molar-refractivity contribution in [3.05, 3.63) is 119 Å². The molecule has 3 aromatic heterocycles. The summed E-state index contributed by atoms with van der Waals surface area (Å²) in [5.74, 6) is 0.910. The summed E-state index contributed by atoms with van der Waals surface area (Å²) in [5, 5.41) is 6.84. The standard InChI is InChI=1S/C26H22N4OS/c31-24(25-11-7-15-32-25)19-29-14-6-10-21(18-29)23-17-22(16-20-8-2-1-3-9-20)30(28-23)26-12-4-5-13-27-26/h1-9,11-15,17-18H,10,16,19H2. The van der Waals surface area contributed by atoms with Crippen LogP contribution >= 0.6 is 11.3 Å². The van der Waals surface area contributed by atoms with Gasteiger partial charge < -0.3 is 4.90 Å². The molecule has 5 rings (SSSR count). The average molecular weight is 439 g/mol. The van der Waals surface area contributed by atoms with E-state index in [0.29, 0.717) is 6.54 Å². The van der Waals surface area contributed by atoms with E-state index in [1.807, 2.05) is 63.8 Å². The molecule has 0 aliphatic carbocycles. The van der Waals surface area contributed by atoms with E-state index in [-0.39, 0.29) is 5.78 Å². The lowest BCUT2D eigenvalue weighted by atomic mass is 10.1. The molecule has 0 radical (unpaired) electrons. The molecule has 0 saturated carbocycles. The summed E-state index contributed by atoms with van der Waals surface area (Å²) >= 11 is 1.48. The number of nitrogens with zero attached hydrogens (tertiary/aromatic N) is 4. The van der Waals surface area contributed by atoms with Crippen LogP contribution in [0.2, 0.25) is 0 Å². The Kier molecular flexibility index (Phi) is 5.77. The highest BCUT2D eigenvalue weighted by atomic mass is 32.1. The third kappa shape index (κ3) is 4.45. The number of carbonyl (C=O) groups is 1. The first-order chi connectivity index (χ1) is 15.8. The van der Waals surface area contributed by atoms with E-state index in [4.69, 9.17) is 5.10 Å². The van der Waals surface area contributed by atoms with Crippen molar-refractivity contribution in [2.24, 2.45) is 0 Å². The van der Waals surface area contributed by atoms with Gasteiger partial charge in [0.15, 0.2) is 11.6 Å². The van der Waals surface area contributed by atoms with E-state index in [1.165, 1.54) is 16.9 Å². The molecule has 4 heterocycles. The van der Waals surface area contributed by atoms with E-state index in [2.05, 4.69) is 41.4 Å². The Morgan fingerprint density at radius 1 is 1.03 bits per heavy atom. The van der Waals surface area contributed by atoms with Crippen LogP contribution in [-0.2, 0) is 6.42 Å². The van der Waals surface area contributed by atoms with Gasteiger partial charge in [0.1, 0.15) is 0 Å². The normalized spacial score (nSPS) is 13.2. The fourth-order valence-corrected chi connectivity index (χ4v) is 4.40. The number of allylic oxidation sites excluding steroid dienone is 2. The van der Waals surface area contributed by atoms with Crippen LogP contribution < -0.4 is 0 Å². The summed E-state index contributed by atoms with van der Waals surface area (Å²) in [5.41, 5.74) is 4.27. The molecule has 32 heavy (non-hydrogen) atoms. The first-order valence-corrected chi connectivity index (χ1v) is 11.4. The Bertz CT molecular complexity index is 1260. The minimum Gasteiger partial charge on any atom is -0.346 e. The van der Waals surface area contributed by atoms with E-state index < -0.39 is 0 Å². The lowest BCUT2D eigenvalue weighted by Crippen LogP contribution is -2.21. The number of Topliss-reactive ketones (excluding diaryl/α,β-unsaturated/α-hetero) is 1. The summed E-state index contributed by atoms with van der Waals surface area (Å²) < 4.78 is 1.92. The summed E-state index contributed by atoms with van der Waals surface area (Å²) in [6.45, 7) is 0.318. The largest absolute Gasteiger partial charge is 0.346 e. The predicted molar refractivity (Wildman–Crippen MR) is 128 cm³/mol. The van der Waals surface area contributed by atoms with Crippen LogP contribution in [0.1, 0.15) is 33.0 Å². The Labute approximate surface area is 191 Å². The highest BCUT2D eigenvalue weighted by Gasteiger charge is 2.17. The molecule has 0 spiro atoms. The highest BCUT2D eigenvalue weighted by molar-refractivity contribution is 7.12. The van der Waals surface area contributed by atoms with Crippen molar-refractivity contribution in [3.63, 3.8) is 0 Å². The van der Waals surface area contributed by atoms with Gasteiger partial charge in [0, 0.05) is 25.0 Å². The molecule has 158 valence electrons. The van der Waals surface area contributed by atoms with E-state index in [9.17, 15) is 4.79 Å². The fraction of sp³-hybridized carbons (Fsp3) is 0.115. The van der Waals surface area contributed by atoms with Crippen molar-refractivity contribution in [1.29, 1.82) is 0 Å². The van der Waals surface area contributed by atoms with Crippen LogP contribution in [0.5, 0.6) is 0 Å². The second kappa shape index (κ2) is 9.16. The van der Waals surface area contributed by atoms with Crippen molar-refractivity contribution >= 4 is 22.7 Å². The number of hydrogen-bond donors (Lipinski definition) is 0. The summed E-state index contributed by atoms with van der Waals surface area (Å²) in [6, 6.07) is 22.1. The fourth-order valence-electron chi connectivity index (χ4n) is 3.75. The molecule has 0 fully saturated rings. The van der Waals surface area contributed by atoms with Gasteiger partial charge in [-0.3, -0.25) is 4.79 Å². The van der Waals surface area contributed by atoms with E-state index >= 15 is 0 Å². The van der Waals surface area contributed by atoms with Gasteiger partial charge in [0.2, 0.25) is 0 Å². The number of thiophene rings is 1. The maximum atomic E-state index is 12.5. The van der Waals surface area contributed by atoms with Crippen molar-refractivity contribution in [2.75, 3.05) is 6.54 Å². The third-order valence-corrected chi connectivity index (χ3v) is 6.20. The predicted octanol–water partition coefficient (Wildman–Crippen LogP) is 5.36. The molecular formula is C26H22N4OS. The van der Waals surface area contributed by atoms with Crippen LogP contribution in [0.4, 0.5) is 0 Å². The molecule has 1 aliphatic rings. The van der Waals surface area contributed by atoms with Gasteiger partial charge in [-0.1, -0.05) is 48.5 Å². The van der Waals surface area contributed by atoms with Gasteiger partial charge >= 0.3 is 0 Å². The molecule has 6 heteroatoms.